The van der Waals surface area contributed by atoms with Crippen molar-refractivity contribution >= 4 is 21.6 Å². The van der Waals surface area contributed by atoms with Crippen molar-refractivity contribution in [2.24, 2.45) is 11.8 Å². The SMILES string of the molecule is CC(C)Cn1ncc(NCCC2CC2)c(Br)c1=O. The summed E-state index contributed by atoms with van der Waals surface area (Å²) in [5, 5.41) is 7.49. The summed E-state index contributed by atoms with van der Waals surface area (Å²) >= 11 is 3.37. The van der Waals surface area contributed by atoms with E-state index >= 15 is 0 Å². The molecule has 0 aliphatic heterocycles. The normalized spacial score (nSPS) is 15.1. The van der Waals surface area contributed by atoms with Crippen LogP contribution in [0.2, 0.25) is 0 Å². The van der Waals surface area contributed by atoms with Crippen molar-refractivity contribution in [3.8, 4) is 0 Å². The molecule has 0 unspecified atom stereocenters. The van der Waals surface area contributed by atoms with Crippen LogP contribution in [0.5, 0.6) is 0 Å². The molecular formula is C13H20BrN3O. The Bertz CT molecular complexity index is 466. The number of aromatic nitrogens is 2. The van der Waals surface area contributed by atoms with Gasteiger partial charge in [0.2, 0.25) is 0 Å². The maximum absolute atomic E-state index is 12.0. The molecule has 0 bridgehead atoms. The molecule has 5 heteroatoms. The first kappa shape index (κ1) is 13.6. The van der Waals surface area contributed by atoms with Crippen LogP contribution in [0.4, 0.5) is 5.69 Å². The van der Waals surface area contributed by atoms with Crippen LogP contribution in [0.1, 0.15) is 33.1 Å². The largest absolute Gasteiger partial charge is 0.383 e. The minimum absolute atomic E-state index is 0.0554. The lowest BCUT2D eigenvalue weighted by atomic mass is 10.2. The molecule has 4 nitrogen and oxygen atoms in total. The monoisotopic (exact) mass is 313 g/mol. The van der Waals surface area contributed by atoms with E-state index in [1.807, 2.05) is 0 Å². The minimum Gasteiger partial charge on any atom is -0.383 e. The Morgan fingerprint density at radius 2 is 2.28 bits per heavy atom. The number of hydrogen-bond acceptors (Lipinski definition) is 3. The van der Waals surface area contributed by atoms with Gasteiger partial charge in [-0.1, -0.05) is 26.7 Å². The number of hydrogen-bond donors (Lipinski definition) is 1. The molecule has 1 aromatic heterocycles. The van der Waals surface area contributed by atoms with Crippen molar-refractivity contribution in [2.45, 2.75) is 39.7 Å². The molecule has 0 amide bonds. The van der Waals surface area contributed by atoms with E-state index in [9.17, 15) is 4.79 Å². The van der Waals surface area contributed by atoms with Crippen molar-refractivity contribution in [2.75, 3.05) is 11.9 Å². The van der Waals surface area contributed by atoms with Crippen molar-refractivity contribution in [1.29, 1.82) is 0 Å². The molecule has 1 aliphatic rings. The lowest BCUT2D eigenvalue weighted by Gasteiger charge is -2.11. The van der Waals surface area contributed by atoms with Gasteiger partial charge in [-0.2, -0.15) is 5.10 Å². The Morgan fingerprint density at radius 1 is 1.56 bits per heavy atom. The van der Waals surface area contributed by atoms with E-state index in [0.29, 0.717) is 16.9 Å². The number of nitrogens with one attached hydrogen (secondary N) is 1. The molecule has 1 aromatic rings. The average molecular weight is 314 g/mol. The second kappa shape index (κ2) is 5.87. The zero-order chi connectivity index (χ0) is 13.1. The molecule has 0 atom stereocenters. The fraction of sp³-hybridized carbons (Fsp3) is 0.692. The fourth-order valence-electron chi connectivity index (χ4n) is 1.88. The van der Waals surface area contributed by atoms with Crippen LogP contribution < -0.4 is 10.9 Å². The first-order valence-electron chi connectivity index (χ1n) is 6.57. The van der Waals surface area contributed by atoms with Crippen molar-refractivity contribution < 1.29 is 0 Å². The zero-order valence-electron chi connectivity index (χ0n) is 10.9. The van der Waals surface area contributed by atoms with Crippen LogP contribution in [0, 0.1) is 11.8 Å². The second-order valence-corrected chi connectivity index (χ2v) is 6.21. The summed E-state index contributed by atoms with van der Waals surface area (Å²) in [6.07, 6.45) is 5.64. The molecule has 0 aromatic carbocycles. The van der Waals surface area contributed by atoms with E-state index in [4.69, 9.17) is 0 Å². The quantitative estimate of drug-likeness (QED) is 0.878. The molecule has 0 radical (unpaired) electrons. The van der Waals surface area contributed by atoms with Crippen LogP contribution in [0.25, 0.3) is 0 Å². The Balaban J connectivity index is 2.02. The van der Waals surface area contributed by atoms with Gasteiger partial charge in [0.05, 0.1) is 11.9 Å². The van der Waals surface area contributed by atoms with E-state index in [0.717, 1.165) is 18.2 Å². The van der Waals surface area contributed by atoms with Gasteiger partial charge in [0, 0.05) is 13.1 Å². The highest BCUT2D eigenvalue weighted by Gasteiger charge is 2.20. The van der Waals surface area contributed by atoms with Gasteiger partial charge in [-0.3, -0.25) is 4.79 Å². The number of halogens is 1. The number of anilines is 1. The molecular weight excluding hydrogens is 294 g/mol. The van der Waals surface area contributed by atoms with Gasteiger partial charge in [0.25, 0.3) is 5.56 Å². The highest BCUT2D eigenvalue weighted by Crippen LogP contribution is 2.32. The van der Waals surface area contributed by atoms with E-state index in [-0.39, 0.29) is 5.56 Å². The van der Waals surface area contributed by atoms with Crippen molar-refractivity contribution in [3.63, 3.8) is 0 Å². The first-order chi connectivity index (χ1) is 8.58. The summed E-state index contributed by atoms with van der Waals surface area (Å²) in [5.74, 6) is 1.31. The maximum Gasteiger partial charge on any atom is 0.283 e. The second-order valence-electron chi connectivity index (χ2n) is 5.41. The highest BCUT2D eigenvalue weighted by molar-refractivity contribution is 9.10. The third-order valence-corrected chi connectivity index (χ3v) is 3.85. The standard InChI is InChI=1S/C13H20BrN3O/c1-9(2)8-17-13(18)12(14)11(7-16-17)15-6-5-10-3-4-10/h7,9-10,15H,3-6,8H2,1-2H3. The maximum atomic E-state index is 12.0. The lowest BCUT2D eigenvalue weighted by Crippen LogP contribution is -2.26. The van der Waals surface area contributed by atoms with E-state index < -0.39 is 0 Å². The van der Waals surface area contributed by atoms with Crippen LogP contribution in [-0.2, 0) is 6.54 Å². The molecule has 0 saturated heterocycles. The fourth-order valence-corrected chi connectivity index (χ4v) is 2.33. The Kier molecular flexibility index (Phi) is 4.43. The van der Waals surface area contributed by atoms with Gasteiger partial charge in [-0.15, -0.1) is 0 Å². The van der Waals surface area contributed by atoms with Crippen LogP contribution in [0.3, 0.4) is 0 Å². The lowest BCUT2D eigenvalue weighted by molar-refractivity contribution is 0.462. The first-order valence-corrected chi connectivity index (χ1v) is 7.36. The Labute approximate surface area is 116 Å². The Morgan fingerprint density at radius 3 is 2.89 bits per heavy atom. The van der Waals surface area contributed by atoms with Crippen LogP contribution in [-0.4, -0.2) is 16.3 Å². The molecule has 1 fully saturated rings. The third-order valence-electron chi connectivity index (χ3n) is 3.09. The summed E-state index contributed by atoms with van der Waals surface area (Å²) in [6.45, 7) is 5.71. The van der Waals surface area contributed by atoms with Crippen molar-refractivity contribution in [3.05, 3.63) is 21.0 Å². The summed E-state index contributed by atoms with van der Waals surface area (Å²) in [5.41, 5.74) is 0.751. The van der Waals surface area contributed by atoms with Gasteiger partial charge in [-0.25, -0.2) is 4.68 Å². The van der Waals surface area contributed by atoms with Crippen LogP contribution >= 0.6 is 15.9 Å². The van der Waals surface area contributed by atoms with Gasteiger partial charge in [0.1, 0.15) is 4.47 Å². The number of nitrogens with zero attached hydrogens (tertiary/aromatic N) is 2. The molecule has 1 heterocycles. The van der Waals surface area contributed by atoms with E-state index in [2.05, 4.69) is 40.2 Å². The summed E-state index contributed by atoms with van der Waals surface area (Å²) in [4.78, 5) is 12.0. The van der Waals surface area contributed by atoms with Gasteiger partial charge in [0.15, 0.2) is 0 Å². The molecule has 100 valence electrons. The van der Waals surface area contributed by atoms with E-state index in [1.165, 1.54) is 23.9 Å². The van der Waals surface area contributed by atoms with Crippen molar-refractivity contribution in [1.82, 2.24) is 9.78 Å². The molecule has 1 aliphatic carbocycles. The molecule has 0 spiro atoms. The van der Waals surface area contributed by atoms with Gasteiger partial charge >= 0.3 is 0 Å². The minimum atomic E-state index is -0.0554. The summed E-state index contributed by atoms with van der Waals surface area (Å²) < 4.78 is 2.11. The van der Waals surface area contributed by atoms with Crippen LogP contribution in [0.15, 0.2) is 15.5 Å². The summed E-state index contributed by atoms with van der Waals surface area (Å²) in [7, 11) is 0. The molecule has 1 saturated carbocycles. The smallest absolute Gasteiger partial charge is 0.283 e. The van der Waals surface area contributed by atoms with E-state index in [1.54, 1.807) is 6.20 Å². The van der Waals surface area contributed by atoms with Gasteiger partial charge < -0.3 is 5.32 Å². The average Bonchev–Trinajstić information content (AvgIpc) is 3.11. The topological polar surface area (TPSA) is 46.9 Å². The summed E-state index contributed by atoms with van der Waals surface area (Å²) in [6, 6.07) is 0. The molecule has 2 rings (SSSR count). The van der Waals surface area contributed by atoms with Gasteiger partial charge in [-0.05, 0) is 34.2 Å². The predicted octanol–water partition coefficient (Wildman–Crippen LogP) is 2.87. The Hall–Kier alpha value is -0.840. The zero-order valence-corrected chi connectivity index (χ0v) is 12.5. The third kappa shape index (κ3) is 3.57. The number of rotatable bonds is 6. The highest BCUT2D eigenvalue weighted by atomic mass is 79.9. The molecule has 18 heavy (non-hydrogen) atoms. The predicted molar refractivity (Wildman–Crippen MR) is 76.9 cm³/mol. The molecule has 1 N–H and O–H groups in total.